The number of likely N-dealkylation sites (tertiary alicyclic amines) is 1. The highest BCUT2D eigenvalue weighted by Crippen LogP contribution is 2.20. The van der Waals surface area contributed by atoms with Gasteiger partial charge in [-0.1, -0.05) is 36.2 Å². The Morgan fingerprint density at radius 2 is 1.79 bits per heavy atom. The summed E-state index contributed by atoms with van der Waals surface area (Å²) in [5, 5.41) is 0.845. The monoisotopic (exact) mass is 208 g/mol. The standard InChI is InChI=1S/C12H15ClN/c13-12-7-3-2-6-11(12)10-14-8-4-1-5-9-14/h2-3,6-7,10H,1,4-5,8-9H2. The molecule has 75 valence electrons. The molecule has 2 rings (SSSR count). The summed E-state index contributed by atoms with van der Waals surface area (Å²) in [5.41, 5.74) is 1.14. The minimum absolute atomic E-state index is 0.845. The van der Waals surface area contributed by atoms with Gasteiger partial charge in [0.05, 0.1) is 6.54 Å². The van der Waals surface area contributed by atoms with Crippen molar-refractivity contribution in [3.63, 3.8) is 0 Å². The van der Waals surface area contributed by atoms with Crippen LogP contribution in [0.25, 0.3) is 0 Å². The van der Waals surface area contributed by atoms with Crippen LogP contribution < -0.4 is 0 Å². The minimum Gasteiger partial charge on any atom is -0.294 e. The average molecular weight is 209 g/mol. The Morgan fingerprint density at radius 3 is 2.50 bits per heavy atom. The summed E-state index contributed by atoms with van der Waals surface area (Å²) in [6, 6.07) is 8.01. The highest BCUT2D eigenvalue weighted by molar-refractivity contribution is 6.31. The Balaban J connectivity index is 1.99. The summed E-state index contributed by atoms with van der Waals surface area (Å²) in [6.07, 6.45) is 3.98. The zero-order valence-corrected chi connectivity index (χ0v) is 9.00. The fraction of sp³-hybridized carbons (Fsp3) is 0.417. The van der Waals surface area contributed by atoms with E-state index in [9.17, 15) is 0 Å². The maximum atomic E-state index is 6.09. The number of benzene rings is 1. The molecular formula is C12H15ClN. The number of hydrogen-bond acceptors (Lipinski definition) is 1. The molecular weight excluding hydrogens is 194 g/mol. The van der Waals surface area contributed by atoms with Gasteiger partial charge in [-0.05, 0) is 37.6 Å². The molecule has 0 bridgehead atoms. The maximum absolute atomic E-state index is 6.09. The van der Waals surface area contributed by atoms with E-state index in [2.05, 4.69) is 17.5 Å². The summed E-state index contributed by atoms with van der Waals surface area (Å²) >= 11 is 6.09. The van der Waals surface area contributed by atoms with Crippen LogP contribution in [-0.4, -0.2) is 18.0 Å². The Hall–Kier alpha value is -0.530. The van der Waals surface area contributed by atoms with Crippen molar-refractivity contribution >= 4 is 11.6 Å². The molecule has 0 atom stereocenters. The van der Waals surface area contributed by atoms with Gasteiger partial charge in [0.25, 0.3) is 0 Å². The molecule has 2 heteroatoms. The summed E-state index contributed by atoms with van der Waals surface area (Å²) in [5.74, 6) is 0. The van der Waals surface area contributed by atoms with E-state index in [1.165, 1.54) is 32.4 Å². The van der Waals surface area contributed by atoms with E-state index >= 15 is 0 Å². The second-order valence-corrected chi connectivity index (χ2v) is 4.15. The number of nitrogens with zero attached hydrogens (tertiary/aromatic N) is 1. The number of rotatable bonds is 2. The fourth-order valence-electron chi connectivity index (χ4n) is 1.82. The Morgan fingerprint density at radius 1 is 1.07 bits per heavy atom. The second-order valence-electron chi connectivity index (χ2n) is 3.75. The molecule has 0 spiro atoms. The van der Waals surface area contributed by atoms with Crippen molar-refractivity contribution in [2.45, 2.75) is 19.3 Å². The number of piperidine rings is 1. The van der Waals surface area contributed by atoms with E-state index in [0.717, 1.165) is 10.6 Å². The van der Waals surface area contributed by atoms with E-state index in [1.54, 1.807) is 0 Å². The van der Waals surface area contributed by atoms with Crippen LogP contribution in [0.1, 0.15) is 24.8 Å². The third-order valence-electron chi connectivity index (χ3n) is 2.62. The summed E-state index contributed by atoms with van der Waals surface area (Å²) in [6.45, 7) is 4.53. The second kappa shape index (κ2) is 4.81. The van der Waals surface area contributed by atoms with Gasteiger partial charge in [-0.15, -0.1) is 0 Å². The molecule has 1 heterocycles. The first-order valence-corrected chi connectivity index (χ1v) is 5.57. The molecule has 1 nitrogen and oxygen atoms in total. The molecule has 0 N–H and O–H groups in total. The Labute approximate surface area is 90.7 Å². The van der Waals surface area contributed by atoms with Crippen LogP contribution in [0.15, 0.2) is 24.3 Å². The molecule has 0 unspecified atom stereocenters. The molecule has 1 saturated heterocycles. The van der Waals surface area contributed by atoms with Gasteiger partial charge < -0.3 is 0 Å². The first kappa shape index (κ1) is 10.0. The topological polar surface area (TPSA) is 3.24 Å². The van der Waals surface area contributed by atoms with Crippen molar-refractivity contribution in [3.8, 4) is 0 Å². The van der Waals surface area contributed by atoms with Crippen LogP contribution in [0.5, 0.6) is 0 Å². The van der Waals surface area contributed by atoms with E-state index in [-0.39, 0.29) is 0 Å². The molecule has 1 radical (unpaired) electrons. The molecule has 0 aromatic heterocycles. The predicted octanol–water partition coefficient (Wildman–Crippen LogP) is 3.34. The van der Waals surface area contributed by atoms with E-state index in [1.807, 2.05) is 18.2 Å². The summed E-state index contributed by atoms with van der Waals surface area (Å²) < 4.78 is 0. The first-order chi connectivity index (χ1) is 6.86. The first-order valence-electron chi connectivity index (χ1n) is 5.20. The highest BCUT2D eigenvalue weighted by atomic mass is 35.5. The maximum Gasteiger partial charge on any atom is 0.0560 e. The normalized spacial score (nSPS) is 18.4. The van der Waals surface area contributed by atoms with Gasteiger partial charge in [-0.25, -0.2) is 0 Å². The van der Waals surface area contributed by atoms with Crippen LogP contribution in [0, 0.1) is 6.54 Å². The summed E-state index contributed by atoms with van der Waals surface area (Å²) in [4.78, 5) is 2.37. The van der Waals surface area contributed by atoms with Crippen molar-refractivity contribution in [3.05, 3.63) is 41.4 Å². The van der Waals surface area contributed by atoms with E-state index in [0.29, 0.717) is 0 Å². The average Bonchev–Trinajstić information content (AvgIpc) is 2.23. The van der Waals surface area contributed by atoms with Crippen molar-refractivity contribution in [2.24, 2.45) is 0 Å². The van der Waals surface area contributed by atoms with Gasteiger partial charge >= 0.3 is 0 Å². The zero-order chi connectivity index (χ0) is 9.80. The van der Waals surface area contributed by atoms with Crippen molar-refractivity contribution < 1.29 is 0 Å². The lowest BCUT2D eigenvalue weighted by atomic mass is 10.1. The molecule has 0 amide bonds. The molecule has 1 aromatic carbocycles. The molecule has 14 heavy (non-hydrogen) atoms. The lowest BCUT2D eigenvalue weighted by Crippen LogP contribution is -2.27. The van der Waals surface area contributed by atoms with Crippen molar-refractivity contribution in [1.29, 1.82) is 0 Å². The van der Waals surface area contributed by atoms with Crippen LogP contribution in [0.3, 0.4) is 0 Å². The predicted molar refractivity (Wildman–Crippen MR) is 60.3 cm³/mol. The van der Waals surface area contributed by atoms with Gasteiger partial charge in [-0.2, -0.15) is 0 Å². The highest BCUT2D eigenvalue weighted by Gasteiger charge is 2.11. The molecule has 1 aliphatic heterocycles. The third kappa shape index (κ3) is 2.49. The number of halogens is 1. The van der Waals surface area contributed by atoms with Crippen molar-refractivity contribution in [2.75, 3.05) is 13.1 Å². The van der Waals surface area contributed by atoms with Crippen LogP contribution in [-0.2, 0) is 0 Å². The Bertz CT molecular complexity index is 292. The van der Waals surface area contributed by atoms with E-state index < -0.39 is 0 Å². The number of hydrogen-bond donors (Lipinski definition) is 0. The smallest absolute Gasteiger partial charge is 0.0560 e. The van der Waals surface area contributed by atoms with Gasteiger partial charge in [0.1, 0.15) is 0 Å². The molecule has 1 aromatic rings. The van der Waals surface area contributed by atoms with Crippen LogP contribution in [0.4, 0.5) is 0 Å². The van der Waals surface area contributed by atoms with Gasteiger partial charge in [0.2, 0.25) is 0 Å². The quantitative estimate of drug-likeness (QED) is 0.721. The van der Waals surface area contributed by atoms with Crippen molar-refractivity contribution in [1.82, 2.24) is 4.90 Å². The lowest BCUT2D eigenvalue weighted by molar-refractivity contribution is 0.285. The van der Waals surface area contributed by atoms with Gasteiger partial charge in [0, 0.05) is 5.02 Å². The van der Waals surface area contributed by atoms with E-state index in [4.69, 9.17) is 11.6 Å². The summed E-state index contributed by atoms with van der Waals surface area (Å²) in [7, 11) is 0. The van der Waals surface area contributed by atoms with Gasteiger partial charge in [-0.3, -0.25) is 4.90 Å². The lowest BCUT2D eigenvalue weighted by Gasteiger charge is -2.26. The third-order valence-corrected chi connectivity index (χ3v) is 2.96. The van der Waals surface area contributed by atoms with Crippen LogP contribution >= 0.6 is 11.6 Å². The minimum atomic E-state index is 0.845. The molecule has 0 aliphatic carbocycles. The SMILES string of the molecule is Clc1ccccc1[CH]N1CCCCC1. The largest absolute Gasteiger partial charge is 0.294 e. The van der Waals surface area contributed by atoms with Gasteiger partial charge in [0.15, 0.2) is 0 Å². The zero-order valence-electron chi connectivity index (χ0n) is 8.25. The molecule has 0 saturated carbocycles. The fourth-order valence-corrected chi connectivity index (χ4v) is 2.01. The Kier molecular flexibility index (Phi) is 3.44. The molecule has 1 fully saturated rings. The molecule has 1 aliphatic rings. The van der Waals surface area contributed by atoms with Crippen LogP contribution in [0.2, 0.25) is 5.02 Å².